The molecule has 1 aromatic carbocycles. The van der Waals surface area contributed by atoms with Gasteiger partial charge in [0.2, 0.25) is 0 Å². The van der Waals surface area contributed by atoms with Crippen LogP contribution in [0.5, 0.6) is 0 Å². The van der Waals surface area contributed by atoms with Gasteiger partial charge in [0, 0.05) is 17.8 Å². The summed E-state index contributed by atoms with van der Waals surface area (Å²) in [5.41, 5.74) is -0.215. The van der Waals surface area contributed by atoms with E-state index >= 15 is 0 Å². The molecule has 0 amide bonds. The largest absolute Gasteiger partial charge is 0.480 e. The highest BCUT2D eigenvalue weighted by molar-refractivity contribution is 5.95. The van der Waals surface area contributed by atoms with Crippen LogP contribution in [0.4, 0.5) is 5.82 Å². The van der Waals surface area contributed by atoms with Crippen molar-refractivity contribution in [3.05, 3.63) is 30.0 Å². The lowest BCUT2D eigenvalue weighted by Crippen LogP contribution is -2.48. The first kappa shape index (κ1) is 13.3. The average molecular weight is 259 g/mol. The van der Waals surface area contributed by atoms with E-state index < -0.39 is 11.5 Å². The third-order valence-electron chi connectivity index (χ3n) is 3.53. The second-order valence-electron chi connectivity index (χ2n) is 5.08. The second-order valence-corrected chi connectivity index (χ2v) is 5.08. The summed E-state index contributed by atoms with van der Waals surface area (Å²) in [6, 6.07) is 7.74. The first-order valence-corrected chi connectivity index (χ1v) is 6.05. The van der Waals surface area contributed by atoms with Crippen molar-refractivity contribution in [3.8, 4) is 0 Å². The molecule has 0 atom stereocenters. The van der Waals surface area contributed by atoms with Crippen LogP contribution in [0.2, 0.25) is 0 Å². The molecule has 2 rings (SSSR count). The maximum absolute atomic E-state index is 11.3. The smallest absolute Gasteiger partial charge is 0.328 e. The summed E-state index contributed by atoms with van der Waals surface area (Å²) in [5, 5.41) is 19.5. The van der Waals surface area contributed by atoms with Gasteiger partial charge in [0.1, 0.15) is 5.54 Å². The van der Waals surface area contributed by atoms with Gasteiger partial charge in [-0.3, -0.25) is 0 Å². The lowest BCUT2D eigenvalue weighted by Gasteiger charge is -2.32. The summed E-state index contributed by atoms with van der Waals surface area (Å²) in [6.45, 7) is 5.18. The lowest BCUT2D eigenvalue weighted by atomic mass is 10.0. The number of hydrogen-bond acceptors (Lipinski definition) is 4. The van der Waals surface area contributed by atoms with Crippen LogP contribution in [-0.2, 0) is 4.79 Å². The Morgan fingerprint density at radius 3 is 2.37 bits per heavy atom. The predicted molar refractivity (Wildman–Crippen MR) is 74.4 cm³/mol. The molecule has 1 aromatic heterocycles. The topological polar surface area (TPSA) is 66.3 Å². The number of carboxylic acids is 1. The molecule has 0 aliphatic rings. The van der Waals surface area contributed by atoms with E-state index in [2.05, 4.69) is 10.2 Å². The molecular formula is C14H17N3O2. The number of rotatable bonds is 3. The molecule has 0 spiro atoms. The molecule has 1 heterocycles. The fraction of sp³-hybridized carbons (Fsp3) is 0.357. The molecule has 0 saturated carbocycles. The fourth-order valence-electron chi connectivity index (χ4n) is 1.88. The number of carboxylic acid groups (broad SMARTS) is 1. The summed E-state index contributed by atoms with van der Waals surface area (Å²) in [4.78, 5) is 13.0. The van der Waals surface area contributed by atoms with Crippen molar-refractivity contribution in [1.82, 2.24) is 10.2 Å². The molecule has 0 aliphatic heterocycles. The van der Waals surface area contributed by atoms with Gasteiger partial charge in [-0.1, -0.05) is 24.3 Å². The Balaban J connectivity index is 2.64. The van der Waals surface area contributed by atoms with Gasteiger partial charge >= 0.3 is 5.97 Å². The van der Waals surface area contributed by atoms with Gasteiger partial charge in [-0.15, -0.1) is 5.10 Å². The highest BCUT2D eigenvalue weighted by Gasteiger charge is 2.34. The van der Waals surface area contributed by atoms with Crippen LogP contribution in [0.1, 0.15) is 19.5 Å². The fourth-order valence-corrected chi connectivity index (χ4v) is 1.88. The first-order valence-electron chi connectivity index (χ1n) is 6.05. The van der Waals surface area contributed by atoms with Gasteiger partial charge in [0.15, 0.2) is 5.82 Å². The Morgan fingerprint density at radius 1 is 1.21 bits per heavy atom. The number of aliphatic carboxylic acids is 1. The Morgan fingerprint density at radius 2 is 1.79 bits per heavy atom. The van der Waals surface area contributed by atoms with Crippen molar-refractivity contribution >= 4 is 22.6 Å². The SMILES string of the molecule is Cc1nnc(N(C)C(C)(C)C(=O)O)c2ccccc12. The molecule has 0 fully saturated rings. The van der Waals surface area contributed by atoms with Gasteiger partial charge < -0.3 is 10.0 Å². The number of hydrogen-bond donors (Lipinski definition) is 1. The number of aryl methyl sites for hydroxylation is 1. The summed E-state index contributed by atoms with van der Waals surface area (Å²) in [6.07, 6.45) is 0. The van der Waals surface area contributed by atoms with E-state index in [-0.39, 0.29) is 0 Å². The molecule has 0 aliphatic carbocycles. The molecule has 2 aromatic rings. The van der Waals surface area contributed by atoms with Crippen LogP contribution in [0.3, 0.4) is 0 Å². The molecular weight excluding hydrogens is 242 g/mol. The average Bonchev–Trinajstić information content (AvgIpc) is 2.38. The minimum Gasteiger partial charge on any atom is -0.480 e. The van der Waals surface area contributed by atoms with Crippen LogP contribution in [0.15, 0.2) is 24.3 Å². The van der Waals surface area contributed by atoms with E-state index in [4.69, 9.17) is 0 Å². The number of carbonyl (C=O) groups is 1. The monoisotopic (exact) mass is 259 g/mol. The maximum Gasteiger partial charge on any atom is 0.328 e. The number of aromatic nitrogens is 2. The quantitative estimate of drug-likeness (QED) is 0.915. The third-order valence-corrected chi connectivity index (χ3v) is 3.53. The van der Waals surface area contributed by atoms with Crippen molar-refractivity contribution in [1.29, 1.82) is 0 Å². The standard InChI is InChI=1S/C14H17N3O2/c1-9-10-7-5-6-8-11(10)12(16-15-9)17(4)14(2,3)13(18)19/h5-8H,1-4H3,(H,18,19). The van der Waals surface area contributed by atoms with Crippen molar-refractivity contribution in [2.45, 2.75) is 26.3 Å². The lowest BCUT2D eigenvalue weighted by molar-refractivity contribution is -0.142. The van der Waals surface area contributed by atoms with E-state index in [0.717, 1.165) is 16.5 Å². The van der Waals surface area contributed by atoms with Gasteiger partial charge in [-0.25, -0.2) is 4.79 Å². The second kappa shape index (κ2) is 4.50. The minimum atomic E-state index is -1.05. The summed E-state index contributed by atoms with van der Waals surface area (Å²) in [5.74, 6) is -0.324. The van der Waals surface area contributed by atoms with E-state index in [1.165, 1.54) is 0 Å². The first-order chi connectivity index (χ1) is 8.85. The number of fused-ring (bicyclic) bond motifs is 1. The zero-order chi connectivity index (χ0) is 14.2. The molecule has 1 N–H and O–H groups in total. The number of nitrogens with zero attached hydrogens (tertiary/aromatic N) is 3. The number of likely N-dealkylation sites (N-methyl/N-ethyl adjacent to an activating group) is 1. The summed E-state index contributed by atoms with van der Waals surface area (Å²) in [7, 11) is 1.72. The van der Waals surface area contributed by atoms with Crippen molar-refractivity contribution < 1.29 is 9.90 Å². The normalized spacial score (nSPS) is 11.6. The Hall–Kier alpha value is -2.17. The Labute approximate surface area is 111 Å². The van der Waals surface area contributed by atoms with Gasteiger partial charge in [-0.2, -0.15) is 5.10 Å². The minimum absolute atomic E-state index is 0.577. The highest BCUT2D eigenvalue weighted by Crippen LogP contribution is 2.28. The molecule has 100 valence electrons. The zero-order valence-electron chi connectivity index (χ0n) is 11.5. The summed E-state index contributed by atoms with van der Waals surface area (Å²) < 4.78 is 0. The Kier molecular flexibility index (Phi) is 3.14. The van der Waals surface area contributed by atoms with Crippen molar-refractivity contribution in [3.63, 3.8) is 0 Å². The zero-order valence-corrected chi connectivity index (χ0v) is 11.5. The van der Waals surface area contributed by atoms with E-state index in [0.29, 0.717) is 5.82 Å². The molecule has 19 heavy (non-hydrogen) atoms. The van der Waals surface area contributed by atoms with E-state index in [1.54, 1.807) is 25.8 Å². The van der Waals surface area contributed by atoms with Crippen LogP contribution >= 0.6 is 0 Å². The van der Waals surface area contributed by atoms with Crippen LogP contribution in [-0.4, -0.2) is 33.9 Å². The predicted octanol–water partition coefficient (Wildman–Crippen LogP) is 2.24. The summed E-state index contributed by atoms with van der Waals surface area (Å²) >= 11 is 0. The van der Waals surface area contributed by atoms with Gasteiger partial charge in [-0.05, 0) is 20.8 Å². The number of benzene rings is 1. The van der Waals surface area contributed by atoms with Crippen molar-refractivity contribution in [2.75, 3.05) is 11.9 Å². The molecule has 0 bridgehead atoms. The molecule has 0 unspecified atom stereocenters. The van der Waals surface area contributed by atoms with E-state index in [1.807, 2.05) is 31.2 Å². The van der Waals surface area contributed by atoms with Gasteiger partial charge in [0.05, 0.1) is 5.69 Å². The third kappa shape index (κ3) is 2.12. The molecule has 0 radical (unpaired) electrons. The maximum atomic E-state index is 11.3. The van der Waals surface area contributed by atoms with E-state index in [9.17, 15) is 9.90 Å². The number of anilines is 1. The Bertz CT molecular complexity index is 638. The molecule has 5 nitrogen and oxygen atoms in total. The van der Waals surface area contributed by atoms with Crippen LogP contribution in [0, 0.1) is 6.92 Å². The van der Waals surface area contributed by atoms with Crippen molar-refractivity contribution in [2.24, 2.45) is 0 Å². The highest BCUT2D eigenvalue weighted by atomic mass is 16.4. The van der Waals surface area contributed by atoms with Gasteiger partial charge in [0.25, 0.3) is 0 Å². The molecule has 0 saturated heterocycles. The molecule has 5 heteroatoms. The van der Waals surface area contributed by atoms with Crippen LogP contribution < -0.4 is 4.90 Å². The van der Waals surface area contributed by atoms with Crippen LogP contribution in [0.25, 0.3) is 10.8 Å².